The van der Waals surface area contributed by atoms with Crippen molar-refractivity contribution < 1.29 is 0 Å². The minimum Gasteiger partial charge on any atom is -0.0683 e. The summed E-state index contributed by atoms with van der Waals surface area (Å²) in [6.45, 7) is 33.0. The van der Waals surface area contributed by atoms with Crippen LogP contribution in [0, 0.1) is 0 Å². The fourth-order valence-electron chi connectivity index (χ4n) is 0. The van der Waals surface area contributed by atoms with E-state index in [9.17, 15) is 0 Å². The normalized spacial score (nSPS) is 4.80. The Bertz CT molecular complexity index is 8.00. The molecule has 0 radical (unpaired) electrons. The first-order chi connectivity index (χ1) is 9.66. The molecule has 0 saturated carbocycles. The van der Waals surface area contributed by atoms with Gasteiger partial charge in [-0.05, 0) is 0 Å². The van der Waals surface area contributed by atoms with E-state index >= 15 is 0 Å². The first-order valence-corrected chi connectivity index (χ1v) is 9.66. The topological polar surface area (TPSA) is 0 Å². The fraction of sp³-hybridized carbons (Fsp3) is 1.00. The molecule has 0 spiro atoms. The molecule has 0 aliphatic carbocycles. The maximum absolute atomic E-state index is 2.12. The highest BCUT2D eigenvalue weighted by molar-refractivity contribution is 3.93. The van der Waals surface area contributed by atoms with Gasteiger partial charge in [-0.2, -0.15) is 0 Å². The predicted octanol–water partition coefficient (Wildman–Crippen LogP) is 9.77. The van der Waals surface area contributed by atoms with Crippen molar-refractivity contribution in [3.05, 3.63) is 0 Å². The van der Waals surface area contributed by atoms with Crippen LogP contribution in [0.2, 0.25) is 0 Å². The Morgan fingerprint density at radius 1 is 0.250 bits per heavy atom. The first-order valence-electron chi connectivity index (χ1n) is 9.66. The molecule has 0 atom stereocenters. The highest BCUT2D eigenvalue weighted by atomic mass is 13.4. The van der Waals surface area contributed by atoms with Crippen molar-refractivity contribution >= 4 is 0 Å². The van der Waals surface area contributed by atoms with E-state index in [-0.39, 0.29) is 0 Å². The summed E-state index contributed by atoms with van der Waals surface area (Å²) >= 11 is 0. The van der Waals surface area contributed by atoms with Crippen molar-refractivity contribution in [1.29, 1.82) is 0 Å². The largest absolute Gasteiger partial charge is 0.0683 e. The van der Waals surface area contributed by atoms with Crippen molar-refractivity contribution in [2.24, 2.45) is 0 Å². The summed E-state index contributed by atoms with van der Waals surface area (Å²) in [6.07, 6.45) is 5.00. The summed E-state index contributed by atoms with van der Waals surface area (Å²) in [5.41, 5.74) is 0. The van der Waals surface area contributed by atoms with Crippen LogP contribution in [-0.2, 0) is 0 Å². The second kappa shape index (κ2) is 385. The number of hydrogen-bond donors (Lipinski definition) is 0. The van der Waals surface area contributed by atoms with Crippen LogP contribution in [0.15, 0.2) is 0 Å². The van der Waals surface area contributed by atoms with Gasteiger partial charge < -0.3 is 0 Å². The predicted molar refractivity (Wildman–Crippen MR) is 109 cm³/mol. The Morgan fingerprint density at radius 3 is 0.250 bits per heavy atom. The molecule has 0 aromatic heterocycles. The lowest BCUT2D eigenvalue weighted by molar-refractivity contribution is 1.09. The van der Waals surface area contributed by atoms with E-state index in [1.807, 2.05) is 55.4 Å². The van der Waals surface area contributed by atoms with Crippen LogP contribution in [0.5, 0.6) is 0 Å². The van der Waals surface area contributed by atoms with Gasteiger partial charge in [-0.1, -0.05) is 136 Å². The summed E-state index contributed by atoms with van der Waals surface area (Å²) < 4.78 is 0. The van der Waals surface area contributed by atoms with E-state index in [1.54, 1.807) is 0 Å². The van der Waals surface area contributed by atoms with Gasteiger partial charge in [-0.15, -0.1) is 0 Å². The zero-order chi connectivity index (χ0) is 18.8. The van der Waals surface area contributed by atoms with Gasteiger partial charge in [0.05, 0.1) is 0 Å². The van der Waals surface area contributed by atoms with Crippen LogP contribution in [0.25, 0.3) is 0 Å². The second-order valence-corrected chi connectivity index (χ2v) is 2.83. The minimum absolute atomic E-state index is 1.25. The van der Waals surface area contributed by atoms with Gasteiger partial charge in [0.25, 0.3) is 0 Å². The molecule has 136 valence electrons. The van der Waals surface area contributed by atoms with Crippen LogP contribution >= 0.6 is 0 Å². The van der Waals surface area contributed by atoms with Gasteiger partial charge in [-0.25, -0.2) is 0 Å². The molecule has 0 aliphatic rings. The van der Waals surface area contributed by atoms with E-state index < -0.39 is 0 Å². The zero-order valence-electron chi connectivity index (χ0n) is 18.8. The number of rotatable bonds is 0. The van der Waals surface area contributed by atoms with E-state index in [0.717, 1.165) is 0 Å². The van der Waals surface area contributed by atoms with Crippen LogP contribution in [0.3, 0.4) is 0 Å². The van der Waals surface area contributed by atoms with Crippen molar-refractivity contribution in [3.8, 4) is 0 Å². The molecule has 0 heteroatoms. The van der Waals surface area contributed by atoms with Crippen molar-refractivity contribution in [3.63, 3.8) is 0 Å². The van der Waals surface area contributed by atoms with Crippen LogP contribution in [0.1, 0.15) is 136 Å². The molecule has 0 aromatic carbocycles. The Kier molecular flexibility index (Phi) is 965. The zero-order valence-corrected chi connectivity index (χ0v) is 18.8. The van der Waals surface area contributed by atoms with Gasteiger partial charge in [-0.3, -0.25) is 0 Å². The van der Waals surface area contributed by atoms with E-state index in [2.05, 4.69) is 55.4 Å². The van der Waals surface area contributed by atoms with Crippen molar-refractivity contribution in [2.75, 3.05) is 0 Å². The SMILES string of the molecule is CC.CC.CC.CC.CCC.CCC.CCC.CCC. The van der Waals surface area contributed by atoms with Crippen molar-refractivity contribution in [1.82, 2.24) is 0 Å². The summed E-state index contributed by atoms with van der Waals surface area (Å²) in [4.78, 5) is 0. The van der Waals surface area contributed by atoms with Gasteiger partial charge in [0.15, 0.2) is 0 Å². The molecule has 20 heavy (non-hydrogen) atoms. The quantitative estimate of drug-likeness (QED) is 0.417. The van der Waals surface area contributed by atoms with Crippen LogP contribution < -0.4 is 0 Å². The molecular weight excluding hydrogens is 240 g/mol. The summed E-state index contributed by atoms with van der Waals surface area (Å²) in [7, 11) is 0. The molecule has 0 rings (SSSR count). The third-order valence-corrected chi connectivity index (χ3v) is 0. The van der Waals surface area contributed by atoms with Gasteiger partial charge in [0, 0.05) is 0 Å². The maximum atomic E-state index is 2.12. The highest BCUT2D eigenvalue weighted by Crippen LogP contribution is 1.57. The van der Waals surface area contributed by atoms with E-state index in [4.69, 9.17) is 0 Å². The molecular formula is C20H56. The lowest BCUT2D eigenvalue weighted by Crippen LogP contribution is -1.27. The molecule has 0 amide bonds. The standard InChI is InChI=1S/4C3H8.4C2H6/c4*1-3-2;4*1-2/h4*3H2,1-2H3;4*1-2H3. The van der Waals surface area contributed by atoms with E-state index in [1.165, 1.54) is 25.7 Å². The Balaban J connectivity index is -0.0000000139. The highest BCUT2D eigenvalue weighted by Gasteiger charge is 1.36. The summed E-state index contributed by atoms with van der Waals surface area (Å²) in [6, 6.07) is 0. The van der Waals surface area contributed by atoms with Gasteiger partial charge >= 0.3 is 0 Å². The molecule has 0 unspecified atom stereocenters. The van der Waals surface area contributed by atoms with E-state index in [0.29, 0.717) is 0 Å². The lowest BCUT2D eigenvalue weighted by Gasteiger charge is -1.48. The maximum Gasteiger partial charge on any atom is -0.0590 e. The molecule has 0 fully saturated rings. The molecule has 0 aliphatic heterocycles. The Hall–Kier alpha value is 0. The Labute approximate surface area is 137 Å². The van der Waals surface area contributed by atoms with Gasteiger partial charge in [0.1, 0.15) is 0 Å². The molecule has 0 nitrogen and oxygen atoms in total. The third kappa shape index (κ3) is 0. The molecule has 0 saturated heterocycles. The summed E-state index contributed by atoms with van der Waals surface area (Å²) in [5, 5.41) is 0. The summed E-state index contributed by atoms with van der Waals surface area (Å²) in [5.74, 6) is 0. The average Bonchev–Trinajstić information content (AvgIpc) is 2.50. The number of hydrogen-bond acceptors (Lipinski definition) is 0. The smallest absolute Gasteiger partial charge is 0.0590 e. The van der Waals surface area contributed by atoms with Crippen molar-refractivity contribution in [2.45, 2.75) is 136 Å². The van der Waals surface area contributed by atoms with Crippen LogP contribution in [0.4, 0.5) is 0 Å². The molecule has 0 N–H and O–H groups in total. The average molecular weight is 297 g/mol. The lowest BCUT2D eigenvalue weighted by atomic mass is 10.6. The fourth-order valence-corrected chi connectivity index (χ4v) is 0. The monoisotopic (exact) mass is 296 g/mol. The molecule has 0 heterocycles. The Morgan fingerprint density at radius 2 is 0.250 bits per heavy atom. The molecule has 0 bridgehead atoms. The third-order valence-electron chi connectivity index (χ3n) is 0. The van der Waals surface area contributed by atoms with Gasteiger partial charge in [0.2, 0.25) is 0 Å². The molecule has 0 aromatic rings. The second-order valence-electron chi connectivity index (χ2n) is 2.83. The van der Waals surface area contributed by atoms with Crippen LogP contribution in [-0.4, -0.2) is 0 Å². The minimum atomic E-state index is 1.25. The first kappa shape index (κ1) is 50.1.